The topological polar surface area (TPSA) is 94.3 Å². The Kier molecular flexibility index (Phi) is 4.09. The second kappa shape index (κ2) is 5.79. The van der Waals surface area contributed by atoms with E-state index in [1.807, 2.05) is 6.92 Å². The molecule has 7 heteroatoms. The summed E-state index contributed by atoms with van der Waals surface area (Å²) < 4.78 is 31.9. The quantitative estimate of drug-likeness (QED) is 0.821. The highest BCUT2D eigenvalue weighted by molar-refractivity contribution is 7.92. The molecule has 1 aromatic heterocycles. The number of nitrogens with two attached hydrogens (primary N) is 1. The van der Waals surface area contributed by atoms with Crippen LogP contribution in [-0.4, -0.2) is 20.0 Å². The zero-order chi connectivity index (χ0) is 14.6. The van der Waals surface area contributed by atoms with Crippen molar-refractivity contribution in [2.45, 2.75) is 11.8 Å². The van der Waals surface area contributed by atoms with E-state index < -0.39 is 10.0 Å². The van der Waals surface area contributed by atoms with Crippen molar-refractivity contribution < 1.29 is 13.2 Å². The van der Waals surface area contributed by atoms with E-state index in [1.165, 1.54) is 18.3 Å². The molecule has 6 nitrogen and oxygen atoms in total. The summed E-state index contributed by atoms with van der Waals surface area (Å²) in [6, 6.07) is 9.26. The number of rotatable bonds is 5. The molecule has 2 rings (SSSR count). The lowest BCUT2D eigenvalue weighted by Gasteiger charge is -2.09. The Morgan fingerprint density at radius 2 is 2.10 bits per heavy atom. The van der Waals surface area contributed by atoms with Gasteiger partial charge in [-0.2, -0.15) is 0 Å². The zero-order valence-corrected chi connectivity index (χ0v) is 11.7. The van der Waals surface area contributed by atoms with Crippen LogP contribution in [0.4, 0.5) is 11.4 Å². The van der Waals surface area contributed by atoms with Crippen LogP contribution in [-0.2, 0) is 10.0 Å². The Bertz CT molecular complexity index is 684. The molecule has 1 aromatic carbocycles. The van der Waals surface area contributed by atoms with Gasteiger partial charge in [-0.3, -0.25) is 4.72 Å². The van der Waals surface area contributed by atoms with E-state index in [0.29, 0.717) is 23.9 Å². The molecular weight excluding hydrogens is 278 g/mol. The number of benzene rings is 1. The summed E-state index contributed by atoms with van der Waals surface area (Å²) >= 11 is 0. The lowest BCUT2D eigenvalue weighted by atomic mass is 10.3. The maximum absolute atomic E-state index is 12.1. The van der Waals surface area contributed by atoms with E-state index in [4.69, 9.17) is 10.5 Å². The molecule has 0 atom stereocenters. The number of hydrogen-bond donors (Lipinski definition) is 2. The molecule has 106 valence electrons. The normalized spacial score (nSPS) is 11.1. The number of anilines is 2. The molecule has 0 aliphatic rings. The van der Waals surface area contributed by atoms with E-state index in [1.54, 1.807) is 24.3 Å². The Labute approximate surface area is 117 Å². The molecular formula is C13H15N3O3S. The average Bonchev–Trinajstić information content (AvgIpc) is 2.41. The Balaban J connectivity index is 2.20. The fraction of sp³-hybridized carbons (Fsp3) is 0.154. The van der Waals surface area contributed by atoms with Crippen LogP contribution in [0.2, 0.25) is 0 Å². The second-order valence-corrected chi connectivity index (χ2v) is 5.68. The van der Waals surface area contributed by atoms with Crippen molar-refractivity contribution in [3.63, 3.8) is 0 Å². The standard InChI is InChI=1S/C13H15N3O3S/c1-2-19-13-7-6-11(9-15-13)16-20(17,18)12-5-3-4-10(14)8-12/h3-9,16H,2,14H2,1H3. The van der Waals surface area contributed by atoms with Crippen LogP contribution < -0.4 is 15.2 Å². The zero-order valence-electron chi connectivity index (χ0n) is 10.9. The molecule has 0 amide bonds. The fourth-order valence-electron chi connectivity index (χ4n) is 1.57. The summed E-state index contributed by atoms with van der Waals surface area (Å²) in [4.78, 5) is 4.09. The molecule has 3 N–H and O–H groups in total. The van der Waals surface area contributed by atoms with Gasteiger partial charge in [0, 0.05) is 11.8 Å². The summed E-state index contributed by atoms with van der Waals surface area (Å²) in [6.45, 7) is 2.35. The number of nitrogens with one attached hydrogen (secondary N) is 1. The SMILES string of the molecule is CCOc1ccc(NS(=O)(=O)c2cccc(N)c2)cn1. The van der Waals surface area contributed by atoms with E-state index in [2.05, 4.69) is 9.71 Å². The molecule has 0 fully saturated rings. The summed E-state index contributed by atoms with van der Waals surface area (Å²) in [7, 11) is -3.67. The Hall–Kier alpha value is -2.28. The van der Waals surface area contributed by atoms with E-state index in [9.17, 15) is 8.42 Å². The number of nitrogens with zero attached hydrogens (tertiary/aromatic N) is 1. The van der Waals surface area contributed by atoms with Crippen molar-refractivity contribution in [3.8, 4) is 5.88 Å². The van der Waals surface area contributed by atoms with Crippen LogP contribution in [0.25, 0.3) is 0 Å². The molecule has 0 radical (unpaired) electrons. The molecule has 1 heterocycles. The fourth-order valence-corrected chi connectivity index (χ4v) is 2.67. The predicted octanol–water partition coefficient (Wildman–Crippen LogP) is 1.86. The first-order valence-corrected chi connectivity index (χ1v) is 7.47. The largest absolute Gasteiger partial charge is 0.478 e. The van der Waals surface area contributed by atoms with Gasteiger partial charge in [0.2, 0.25) is 5.88 Å². The Morgan fingerprint density at radius 1 is 1.30 bits per heavy atom. The van der Waals surface area contributed by atoms with Crippen LogP contribution in [0, 0.1) is 0 Å². The van der Waals surface area contributed by atoms with Gasteiger partial charge < -0.3 is 10.5 Å². The van der Waals surface area contributed by atoms with Crippen LogP contribution in [0.5, 0.6) is 5.88 Å². The third kappa shape index (κ3) is 3.39. The minimum atomic E-state index is -3.67. The number of aromatic nitrogens is 1. The van der Waals surface area contributed by atoms with Gasteiger partial charge in [0.1, 0.15) is 0 Å². The number of nitrogen functional groups attached to an aromatic ring is 1. The third-order valence-corrected chi connectivity index (χ3v) is 3.83. The van der Waals surface area contributed by atoms with Crippen molar-refractivity contribution in [2.75, 3.05) is 17.1 Å². The molecule has 0 aliphatic carbocycles. The molecule has 0 saturated carbocycles. The molecule has 20 heavy (non-hydrogen) atoms. The van der Waals surface area contributed by atoms with Crippen molar-refractivity contribution in [1.82, 2.24) is 4.98 Å². The predicted molar refractivity (Wildman–Crippen MR) is 77.1 cm³/mol. The van der Waals surface area contributed by atoms with Crippen LogP contribution in [0.3, 0.4) is 0 Å². The van der Waals surface area contributed by atoms with Crippen molar-refractivity contribution in [2.24, 2.45) is 0 Å². The van der Waals surface area contributed by atoms with Gasteiger partial charge in [0.15, 0.2) is 0 Å². The van der Waals surface area contributed by atoms with Crippen LogP contribution >= 0.6 is 0 Å². The van der Waals surface area contributed by atoms with Crippen molar-refractivity contribution >= 4 is 21.4 Å². The number of pyridine rings is 1. The second-order valence-electron chi connectivity index (χ2n) is 4.00. The number of hydrogen-bond acceptors (Lipinski definition) is 5. The van der Waals surface area contributed by atoms with Gasteiger partial charge in [-0.1, -0.05) is 6.07 Å². The summed E-state index contributed by atoms with van der Waals surface area (Å²) in [5, 5.41) is 0. The van der Waals surface area contributed by atoms with E-state index in [-0.39, 0.29) is 4.90 Å². The first-order valence-electron chi connectivity index (χ1n) is 5.98. The van der Waals surface area contributed by atoms with Gasteiger partial charge in [0.25, 0.3) is 10.0 Å². The van der Waals surface area contributed by atoms with Gasteiger partial charge in [-0.15, -0.1) is 0 Å². The lowest BCUT2D eigenvalue weighted by Crippen LogP contribution is -2.13. The van der Waals surface area contributed by atoms with Gasteiger partial charge >= 0.3 is 0 Å². The highest BCUT2D eigenvalue weighted by Crippen LogP contribution is 2.18. The van der Waals surface area contributed by atoms with E-state index in [0.717, 1.165) is 0 Å². The molecule has 0 bridgehead atoms. The van der Waals surface area contributed by atoms with Gasteiger partial charge in [-0.05, 0) is 31.2 Å². The number of sulfonamides is 1. The molecule has 0 aliphatic heterocycles. The molecule has 0 unspecified atom stereocenters. The average molecular weight is 293 g/mol. The summed E-state index contributed by atoms with van der Waals surface area (Å²) in [6.07, 6.45) is 1.40. The molecule has 2 aromatic rings. The first kappa shape index (κ1) is 14.1. The van der Waals surface area contributed by atoms with Crippen molar-refractivity contribution in [3.05, 3.63) is 42.6 Å². The highest BCUT2D eigenvalue weighted by atomic mass is 32.2. The van der Waals surface area contributed by atoms with Gasteiger partial charge in [-0.25, -0.2) is 13.4 Å². The summed E-state index contributed by atoms with van der Waals surface area (Å²) in [5.41, 5.74) is 6.32. The third-order valence-electron chi connectivity index (χ3n) is 2.45. The summed E-state index contributed by atoms with van der Waals surface area (Å²) in [5.74, 6) is 0.444. The monoisotopic (exact) mass is 293 g/mol. The number of ether oxygens (including phenoxy) is 1. The van der Waals surface area contributed by atoms with Crippen LogP contribution in [0.1, 0.15) is 6.92 Å². The minimum Gasteiger partial charge on any atom is -0.478 e. The first-order chi connectivity index (χ1) is 9.51. The lowest BCUT2D eigenvalue weighted by molar-refractivity contribution is 0.327. The highest BCUT2D eigenvalue weighted by Gasteiger charge is 2.14. The van der Waals surface area contributed by atoms with Crippen LogP contribution in [0.15, 0.2) is 47.5 Å². The molecule has 0 saturated heterocycles. The van der Waals surface area contributed by atoms with Crippen molar-refractivity contribution in [1.29, 1.82) is 0 Å². The van der Waals surface area contributed by atoms with E-state index >= 15 is 0 Å². The van der Waals surface area contributed by atoms with Gasteiger partial charge in [0.05, 0.1) is 23.4 Å². The smallest absolute Gasteiger partial charge is 0.262 e. The molecule has 0 spiro atoms. The Morgan fingerprint density at radius 3 is 2.70 bits per heavy atom. The maximum Gasteiger partial charge on any atom is 0.262 e. The maximum atomic E-state index is 12.1. The minimum absolute atomic E-state index is 0.103.